The van der Waals surface area contributed by atoms with Gasteiger partial charge in [-0.25, -0.2) is 0 Å². The van der Waals surface area contributed by atoms with Crippen molar-refractivity contribution in [2.45, 2.75) is 6.42 Å². The molecule has 0 radical (unpaired) electrons. The summed E-state index contributed by atoms with van der Waals surface area (Å²) in [5.41, 5.74) is 7.82. The number of methoxy groups -OCH3 is 1. The Kier molecular flexibility index (Phi) is 5.38. The number of anilines is 1. The summed E-state index contributed by atoms with van der Waals surface area (Å²) in [7, 11) is 1.55. The molecule has 0 unspecified atom stereocenters. The molecule has 1 heterocycles. The van der Waals surface area contributed by atoms with Crippen LogP contribution in [0.2, 0.25) is 5.02 Å². The highest BCUT2D eigenvalue weighted by molar-refractivity contribution is 6.30. The van der Waals surface area contributed by atoms with Gasteiger partial charge in [0, 0.05) is 11.6 Å². The van der Waals surface area contributed by atoms with Gasteiger partial charge in [-0.1, -0.05) is 41.1 Å². The number of amides is 1. The maximum atomic E-state index is 12.3. The third-order valence-electron chi connectivity index (χ3n) is 3.85. The number of para-hydroxylation sites is 2. The summed E-state index contributed by atoms with van der Waals surface area (Å²) in [5, 5.41) is 11.4. The van der Waals surface area contributed by atoms with Crippen molar-refractivity contribution in [2.24, 2.45) is 0 Å². The van der Waals surface area contributed by atoms with Crippen molar-refractivity contribution in [3.63, 3.8) is 0 Å². The molecule has 3 rings (SSSR count). The van der Waals surface area contributed by atoms with Gasteiger partial charge in [-0.2, -0.15) is 4.68 Å². The molecule has 0 saturated heterocycles. The summed E-state index contributed by atoms with van der Waals surface area (Å²) in [6.07, 6.45) is 0.670. The zero-order valence-corrected chi connectivity index (χ0v) is 14.9. The van der Waals surface area contributed by atoms with Crippen LogP contribution < -0.4 is 15.8 Å². The number of hydrogen-bond donors (Lipinski definition) is 2. The molecular formula is C18H18ClN5O2. The van der Waals surface area contributed by atoms with Gasteiger partial charge in [0.1, 0.15) is 11.4 Å². The molecule has 0 atom stereocenters. The number of carbonyl (C=O) groups is 1. The number of nitrogen functional groups attached to an aromatic ring is 1. The lowest BCUT2D eigenvalue weighted by Crippen LogP contribution is -2.27. The molecule has 8 heteroatoms. The Bertz CT molecular complexity index is 908. The topological polar surface area (TPSA) is 95.1 Å². The third-order valence-corrected chi connectivity index (χ3v) is 4.10. The minimum atomic E-state index is -0.377. The molecule has 0 aliphatic rings. The number of nitrogens with zero attached hydrogens (tertiary/aromatic N) is 3. The van der Waals surface area contributed by atoms with Crippen LogP contribution in [0.4, 0.5) is 5.82 Å². The molecule has 0 spiro atoms. The summed E-state index contributed by atoms with van der Waals surface area (Å²) in [5.74, 6) is 0.356. The Morgan fingerprint density at radius 1 is 1.23 bits per heavy atom. The molecule has 0 aliphatic heterocycles. The summed E-state index contributed by atoms with van der Waals surface area (Å²) in [6, 6.07) is 14.7. The van der Waals surface area contributed by atoms with E-state index in [2.05, 4.69) is 15.6 Å². The van der Waals surface area contributed by atoms with Crippen LogP contribution >= 0.6 is 11.6 Å². The van der Waals surface area contributed by atoms with Crippen LogP contribution in [0.25, 0.3) is 5.69 Å². The van der Waals surface area contributed by atoms with Crippen LogP contribution in [-0.4, -0.2) is 34.6 Å². The molecule has 3 aromatic rings. The lowest BCUT2D eigenvalue weighted by atomic mass is 10.1. The first kappa shape index (κ1) is 17.8. The van der Waals surface area contributed by atoms with Crippen LogP contribution in [0.5, 0.6) is 5.75 Å². The van der Waals surface area contributed by atoms with Crippen molar-refractivity contribution in [1.82, 2.24) is 20.3 Å². The maximum Gasteiger partial charge on any atom is 0.275 e. The van der Waals surface area contributed by atoms with E-state index in [4.69, 9.17) is 22.1 Å². The summed E-state index contributed by atoms with van der Waals surface area (Å²) in [6.45, 7) is 0.446. The van der Waals surface area contributed by atoms with Crippen LogP contribution in [0.15, 0.2) is 48.5 Å². The van der Waals surface area contributed by atoms with Gasteiger partial charge < -0.3 is 15.8 Å². The second kappa shape index (κ2) is 7.88. The molecule has 0 aliphatic carbocycles. The number of nitrogens with two attached hydrogens (primary N) is 1. The zero-order valence-electron chi connectivity index (χ0n) is 14.1. The molecule has 2 aromatic carbocycles. The number of halogens is 1. The fraction of sp³-hybridized carbons (Fsp3) is 0.167. The SMILES string of the molecule is COc1ccccc1-n1nnc(C(=O)NCCc2ccc(Cl)cc2)c1N. The second-order valence-electron chi connectivity index (χ2n) is 5.54. The van der Waals surface area contributed by atoms with Crippen molar-refractivity contribution >= 4 is 23.3 Å². The van der Waals surface area contributed by atoms with E-state index in [9.17, 15) is 4.79 Å². The number of hydrogen-bond acceptors (Lipinski definition) is 5. The van der Waals surface area contributed by atoms with E-state index in [0.717, 1.165) is 5.56 Å². The minimum Gasteiger partial charge on any atom is -0.494 e. The lowest BCUT2D eigenvalue weighted by Gasteiger charge is -2.08. The van der Waals surface area contributed by atoms with Gasteiger partial charge in [-0.05, 0) is 36.2 Å². The molecule has 3 N–H and O–H groups in total. The average molecular weight is 372 g/mol. The van der Waals surface area contributed by atoms with Gasteiger partial charge in [0.2, 0.25) is 0 Å². The van der Waals surface area contributed by atoms with Gasteiger partial charge in [-0.15, -0.1) is 5.10 Å². The van der Waals surface area contributed by atoms with E-state index in [1.54, 1.807) is 19.2 Å². The Hall–Kier alpha value is -3.06. The number of nitrogens with one attached hydrogen (secondary N) is 1. The highest BCUT2D eigenvalue weighted by Crippen LogP contribution is 2.24. The minimum absolute atomic E-state index is 0.0759. The number of rotatable bonds is 6. The van der Waals surface area contributed by atoms with E-state index >= 15 is 0 Å². The highest BCUT2D eigenvalue weighted by Gasteiger charge is 2.19. The molecule has 0 saturated carbocycles. The fourth-order valence-electron chi connectivity index (χ4n) is 2.49. The summed E-state index contributed by atoms with van der Waals surface area (Å²) in [4.78, 5) is 12.3. The predicted octanol–water partition coefficient (Wildman–Crippen LogP) is 2.48. The number of carbonyl (C=O) groups excluding carboxylic acids is 1. The molecule has 7 nitrogen and oxygen atoms in total. The molecule has 1 amide bonds. The number of aromatic nitrogens is 3. The Morgan fingerprint density at radius 3 is 2.69 bits per heavy atom. The Morgan fingerprint density at radius 2 is 1.96 bits per heavy atom. The number of benzene rings is 2. The van der Waals surface area contributed by atoms with E-state index in [-0.39, 0.29) is 17.4 Å². The van der Waals surface area contributed by atoms with E-state index in [1.807, 2.05) is 36.4 Å². The summed E-state index contributed by atoms with van der Waals surface area (Å²) < 4.78 is 6.67. The van der Waals surface area contributed by atoms with E-state index in [1.165, 1.54) is 4.68 Å². The molecule has 26 heavy (non-hydrogen) atoms. The molecule has 134 valence electrons. The first-order chi connectivity index (χ1) is 12.6. The van der Waals surface area contributed by atoms with Crippen LogP contribution in [0.1, 0.15) is 16.1 Å². The Labute approximate surface area is 155 Å². The highest BCUT2D eigenvalue weighted by atomic mass is 35.5. The molecular weight excluding hydrogens is 354 g/mol. The fourth-order valence-corrected chi connectivity index (χ4v) is 2.61. The van der Waals surface area contributed by atoms with Crippen molar-refractivity contribution in [2.75, 3.05) is 19.4 Å². The maximum absolute atomic E-state index is 12.3. The first-order valence-corrected chi connectivity index (χ1v) is 8.35. The van der Waals surface area contributed by atoms with Crippen molar-refractivity contribution in [3.05, 3.63) is 64.8 Å². The largest absolute Gasteiger partial charge is 0.494 e. The van der Waals surface area contributed by atoms with Gasteiger partial charge in [0.05, 0.1) is 7.11 Å². The smallest absolute Gasteiger partial charge is 0.275 e. The van der Waals surface area contributed by atoms with E-state index in [0.29, 0.717) is 29.4 Å². The van der Waals surface area contributed by atoms with E-state index < -0.39 is 0 Å². The third kappa shape index (κ3) is 3.78. The summed E-state index contributed by atoms with van der Waals surface area (Å²) >= 11 is 5.86. The normalized spacial score (nSPS) is 10.5. The van der Waals surface area contributed by atoms with Crippen molar-refractivity contribution < 1.29 is 9.53 Å². The average Bonchev–Trinajstić information content (AvgIpc) is 3.04. The van der Waals surface area contributed by atoms with Crippen LogP contribution in [0, 0.1) is 0 Å². The second-order valence-corrected chi connectivity index (χ2v) is 5.98. The molecule has 0 fully saturated rings. The molecule has 0 bridgehead atoms. The standard InChI is InChI=1S/C18H18ClN5O2/c1-26-15-5-3-2-4-14(15)24-17(20)16(22-23-24)18(25)21-11-10-12-6-8-13(19)9-7-12/h2-9H,10-11,20H2,1H3,(H,21,25). The van der Waals surface area contributed by atoms with Gasteiger partial charge in [0.25, 0.3) is 5.91 Å². The predicted molar refractivity (Wildman–Crippen MR) is 99.8 cm³/mol. The van der Waals surface area contributed by atoms with Gasteiger partial charge in [0.15, 0.2) is 11.5 Å². The van der Waals surface area contributed by atoms with Gasteiger partial charge in [-0.3, -0.25) is 4.79 Å². The van der Waals surface area contributed by atoms with Crippen LogP contribution in [-0.2, 0) is 6.42 Å². The van der Waals surface area contributed by atoms with Crippen molar-refractivity contribution in [1.29, 1.82) is 0 Å². The Balaban J connectivity index is 1.69. The first-order valence-electron chi connectivity index (χ1n) is 7.97. The van der Waals surface area contributed by atoms with Gasteiger partial charge >= 0.3 is 0 Å². The lowest BCUT2D eigenvalue weighted by molar-refractivity contribution is 0.0950. The monoisotopic (exact) mass is 371 g/mol. The molecule has 1 aromatic heterocycles. The van der Waals surface area contributed by atoms with Crippen LogP contribution in [0.3, 0.4) is 0 Å². The zero-order chi connectivity index (χ0) is 18.5. The van der Waals surface area contributed by atoms with Crippen molar-refractivity contribution in [3.8, 4) is 11.4 Å². The quantitative estimate of drug-likeness (QED) is 0.694. The number of ether oxygens (including phenoxy) is 1.